The minimum Gasteiger partial charge on any atom is -0.506 e. The molecule has 0 radical (unpaired) electrons. The van der Waals surface area contributed by atoms with Crippen LogP contribution < -0.4 is 5.73 Å². The third-order valence-corrected chi connectivity index (χ3v) is 1.87. The van der Waals surface area contributed by atoms with Crippen LogP contribution in [0.3, 0.4) is 0 Å². The van der Waals surface area contributed by atoms with Gasteiger partial charge in [0.15, 0.2) is 0 Å². The molecule has 0 unspecified atom stereocenters. The number of nitrogen functional groups attached to an aromatic ring is 1. The van der Waals surface area contributed by atoms with Crippen molar-refractivity contribution >= 4 is 19.5 Å². The molecule has 7 nitrogen and oxygen atoms in total. The molecule has 82 valence electrons. The second-order valence-electron chi connectivity index (χ2n) is 2.64. The summed E-state index contributed by atoms with van der Waals surface area (Å²) >= 11 is 0. The first-order valence-electron chi connectivity index (χ1n) is 3.67. The van der Waals surface area contributed by atoms with Gasteiger partial charge in [-0.1, -0.05) is 0 Å². The van der Waals surface area contributed by atoms with Gasteiger partial charge in [0.2, 0.25) is 0 Å². The van der Waals surface area contributed by atoms with E-state index in [1.54, 1.807) is 0 Å². The quantitative estimate of drug-likeness (QED) is 0.326. The van der Waals surface area contributed by atoms with Crippen molar-refractivity contribution in [1.29, 1.82) is 0 Å². The highest BCUT2D eigenvalue weighted by atomic mass is 31.2. The highest BCUT2D eigenvalue weighted by Gasteiger charge is 2.21. The summed E-state index contributed by atoms with van der Waals surface area (Å²) in [5, 5.41) is 9.03. The van der Waals surface area contributed by atoms with Gasteiger partial charge in [-0.05, 0) is 18.2 Å². The van der Waals surface area contributed by atoms with E-state index in [2.05, 4.69) is 4.52 Å². The predicted octanol–water partition coefficient (Wildman–Crippen LogP) is 0.224. The van der Waals surface area contributed by atoms with Gasteiger partial charge in [0.1, 0.15) is 5.75 Å². The van der Waals surface area contributed by atoms with E-state index in [0.717, 1.165) is 18.2 Å². The van der Waals surface area contributed by atoms with Crippen LogP contribution in [0.1, 0.15) is 10.4 Å². The molecule has 0 atom stereocenters. The number of phenols is 1. The molecule has 0 aliphatic rings. The molecule has 0 aliphatic heterocycles. The zero-order chi connectivity index (χ0) is 11.6. The number of carbonyl (C=O) groups is 1. The van der Waals surface area contributed by atoms with Crippen molar-refractivity contribution in [2.24, 2.45) is 0 Å². The van der Waals surface area contributed by atoms with Crippen LogP contribution in [-0.4, -0.2) is 20.9 Å². The third kappa shape index (κ3) is 3.25. The molecule has 0 aromatic heterocycles. The minimum atomic E-state index is -4.87. The molecule has 0 spiro atoms. The normalized spacial score (nSPS) is 11.1. The molecule has 0 saturated heterocycles. The molecular formula is C7H8NO6P. The Hall–Kier alpha value is -1.56. The number of nitrogens with two attached hydrogens (primary N) is 1. The second-order valence-corrected chi connectivity index (χ2v) is 3.81. The Morgan fingerprint density at radius 3 is 2.47 bits per heavy atom. The summed E-state index contributed by atoms with van der Waals surface area (Å²) in [4.78, 5) is 27.8. The molecule has 5 N–H and O–H groups in total. The Balaban J connectivity index is 2.93. The van der Waals surface area contributed by atoms with Crippen molar-refractivity contribution in [2.45, 2.75) is 0 Å². The molecule has 1 aromatic rings. The Morgan fingerprint density at radius 1 is 1.40 bits per heavy atom. The number of phosphoric acid groups is 1. The van der Waals surface area contributed by atoms with Crippen molar-refractivity contribution in [3.63, 3.8) is 0 Å². The van der Waals surface area contributed by atoms with Crippen LogP contribution in [0.5, 0.6) is 5.75 Å². The van der Waals surface area contributed by atoms with Crippen molar-refractivity contribution in [3.05, 3.63) is 23.8 Å². The van der Waals surface area contributed by atoms with Crippen molar-refractivity contribution in [2.75, 3.05) is 5.73 Å². The van der Waals surface area contributed by atoms with Crippen molar-refractivity contribution in [3.8, 4) is 5.75 Å². The van der Waals surface area contributed by atoms with Gasteiger partial charge >= 0.3 is 13.8 Å². The van der Waals surface area contributed by atoms with Crippen LogP contribution in [-0.2, 0) is 9.09 Å². The van der Waals surface area contributed by atoms with Gasteiger partial charge in [-0.2, -0.15) is 0 Å². The fraction of sp³-hybridized carbons (Fsp3) is 0. The number of aromatic hydroxyl groups is 1. The molecule has 0 amide bonds. The van der Waals surface area contributed by atoms with Gasteiger partial charge in [0.05, 0.1) is 11.3 Å². The van der Waals surface area contributed by atoms with Gasteiger partial charge in [0.25, 0.3) is 0 Å². The van der Waals surface area contributed by atoms with Crippen LogP contribution in [0.15, 0.2) is 18.2 Å². The fourth-order valence-electron chi connectivity index (χ4n) is 0.842. The first kappa shape index (κ1) is 11.5. The number of carbonyl (C=O) groups excluding carboxylic acids is 1. The zero-order valence-corrected chi connectivity index (χ0v) is 8.22. The van der Waals surface area contributed by atoms with Crippen LogP contribution in [0, 0.1) is 0 Å². The van der Waals surface area contributed by atoms with Gasteiger partial charge in [0, 0.05) is 0 Å². The van der Waals surface area contributed by atoms with Gasteiger partial charge in [-0.15, -0.1) is 0 Å². The minimum absolute atomic E-state index is 0.0878. The molecule has 0 fully saturated rings. The van der Waals surface area contributed by atoms with E-state index in [4.69, 9.17) is 20.6 Å². The Kier molecular flexibility index (Phi) is 2.99. The maximum absolute atomic E-state index is 11.1. The summed E-state index contributed by atoms with van der Waals surface area (Å²) in [6.45, 7) is 0. The van der Waals surface area contributed by atoms with E-state index in [1.807, 2.05) is 0 Å². The number of hydrogen-bond acceptors (Lipinski definition) is 5. The fourth-order valence-corrected chi connectivity index (χ4v) is 1.16. The van der Waals surface area contributed by atoms with Gasteiger partial charge in [-0.25, -0.2) is 9.36 Å². The molecule has 8 heteroatoms. The summed E-state index contributed by atoms with van der Waals surface area (Å²) in [6, 6.07) is 3.29. The highest BCUT2D eigenvalue weighted by molar-refractivity contribution is 7.46. The Bertz CT molecular complexity index is 439. The number of hydrogen-bond donors (Lipinski definition) is 4. The first-order valence-corrected chi connectivity index (χ1v) is 5.20. The van der Waals surface area contributed by atoms with Crippen molar-refractivity contribution in [1.82, 2.24) is 0 Å². The van der Waals surface area contributed by atoms with E-state index < -0.39 is 13.8 Å². The van der Waals surface area contributed by atoms with E-state index in [1.165, 1.54) is 0 Å². The number of benzene rings is 1. The number of phenolic OH excluding ortho intramolecular Hbond substituents is 1. The summed E-state index contributed by atoms with van der Waals surface area (Å²) in [5.41, 5.74) is 5.02. The van der Waals surface area contributed by atoms with Crippen LogP contribution in [0.2, 0.25) is 0 Å². The lowest BCUT2D eigenvalue weighted by Gasteiger charge is -2.06. The molecule has 1 rings (SSSR count). The molecule has 15 heavy (non-hydrogen) atoms. The summed E-state index contributed by atoms with van der Waals surface area (Å²) in [7, 11) is -4.87. The third-order valence-electron chi connectivity index (χ3n) is 1.47. The van der Waals surface area contributed by atoms with E-state index >= 15 is 0 Å². The summed E-state index contributed by atoms with van der Waals surface area (Å²) < 4.78 is 14.1. The standard InChI is InChI=1S/C7H8NO6P/c8-5-3-4(1-2-6(5)9)7(10)14-15(11,12)13/h1-3,9H,8H2,(H2,11,12,13). The molecule has 0 saturated carbocycles. The first-order chi connectivity index (χ1) is 6.79. The Morgan fingerprint density at radius 2 is 2.00 bits per heavy atom. The van der Waals surface area contributed by atoms with E-state index in [0.29, 0.717) is 0 Å². The average molecular weight is 233 g/mol. The van der Waals surface area contributed by atoms with Crippen LogP contribution in [0.4, 0.5) is 5.69 Å². The van der Waals surface area contributed by atoms with Gasteiger partial charge in [-0.3, -0.25) is 9.79 Å². The monoisotopic (exact) mass is 233 g/mol. The van der Waals surface area contributed by atoms with Crippen molar-refractivity contribution < 1.29 is 28.8 Å². The number of anilines is 1. The van der Waals surface area contributed by atoms with Crippen LogP contribution in [0.25, 0.3) is 0 Å². The predicted molar refractivity (Wildman–Crippen MR) is 50.0 cm³/mol. The highest BCUT2D eigenvalue weighted by Crippen LogP contribution is 2.37. The maximum atomic E-state index is 11.1. The second kappa shape index (κ2) is 3.90. The Labute approximate surface area is 84.3 Å². The smallest absolute Gasteiger partial charge is 0.506 e. The molecular weight excluding hydrogens is 225 g/mol. The maximum Gasteiger partial charge on any atom is 0.527 e. The lowest BCUT2D eigenvalue weighted by Crippen LogP contribution is -2.03. The number of rotatable bonds is 2. The molecule has 0 bridgehead atoms. The molecule has 0 heterocycles. The topological polar surface area (TPSA) is 130 Å². The number of phosphoric ester groups is 1. The summed E-state index contributed by atoms with van der Waals surface area (Å²) in [5.74, 6) is -1.45. The van der Waals surface area contributed by atoms with E-state index in [-0.39, 0.29) is 17.0 Å². The largest absolute Gasteiger partial charge is 0.527 e. The SMILES string of the molecule is Nc1cc(C(=O)OP(=O)(O)O)ccc1O. The zero-order valence-electron chi connectivity index (χ0n) is 7.32. The van der Waals surface area contributed by atoms with Crippen LogP contribution >= 0.6 is 7.82 Å². The lowest BCUT2D eigenvalue weighted by atomic mass is 10.2. The van der Waals surface area contributed by atoms with E-state index in [9.17, 15) is 9.36 Å². The van der Waals surface area contributed by atoms with Gasteiger partial charge < -0.3 is 15.4 Å². The average Bonchev–Trinajstić information content (AvgIpc) is 2.06. The lowest BCUT2D eigenvalue weighted by molar-refractivity contribution is 0.0678. The molecule has 0 aliphatic carbocycles. The summed E-state index contributed by atoms with van der Waals surface area (Å²) in [6.07, 6.45) is 0. The molecule has 1 aromatic carbocycles.